The van der Waals surface area contributed by atoms with E-state index in [4.69, 9.17) is 7.85 Å². The molecule has 18 heavy (non-hydrogen) atoms. The standard InChI is InChI=1S/C12H8BF3N2/c1-7-6-10(18-11(13)17-7)8-2-4-9(5-3-8)12(14,15)16/h2-6H,1H3. The summed E-state index contributed by atoms with van der Waals surface area (Å²) < 4.78 is 37.2. The van der Waals surface area contributed by atoms with Crippen molar-refractivity contribution in [2.45, 2.75) is 13.1 Å². The molecule has 0 aliphatic carbocycles. The molecule has 1 aromatic heterocycles. The van der Waals surface area contributed by atoms with E-state index in [0.717, 1.165) is 12.1 Å². The van der Waals surface area contributed by atoms with Crippen molar-refractivity contribution in [3.63, 3.8) is 0 Å². The van der Waals surface area contributed by atoms with Gasteiger partial charge in [-0.1, -0.05) is 12.1 Å². The van der Waals surface area contributed by atoms with E-state index in [9.17, 15) is 13.2 Å². The summed E-state index contributed by atoms with van der Waals surface area (Å²) in [4.78, 5) is 7.88. The SMILES string of the molecule is [B]c1nc(C)cc(-c2ccc(C(F)(F)F)cc2)n1. The molecular formula is C12H8BF3N2. The topological polar surface area (TPSA) is 25.8 Å². The van der Waals surface area contributed by atoms with Gasteiger partial charge in [-0.25, -0.2) is 4.98 Å². The Morgan fingerprint density at radius 2 is 1.67 bits per heavy atom. The van der Waals surface area contributed by atoms with Gasteiger partial charge in [0, 0.05) is 11.3 Å². The number of aromatic nitrogens is 2. The minimum absolute atomic E-state index is 0.102. The highest BCUT2D eigenvalue weighted by Gasteiger charge is 2.29. The average molecular weight is 248 g/mol. The molecule has 1 heterocycles. The normalized spacial score (nSPS) is 11.6. The van der Waals surface area contributed by atoms with Crippen LogP contribution in [0.4, 0.5) is 13.2 Å². The van der Waals surface area contributed by atoms with Gasteiger partial charge in [0.15, 0.2) is 7.85 Å². The lowest BCUT2D eigenvalue weighted by atomic mass is 10.1. The van der Waals surface area contributed by atoms with Crippen molar-refractivity contribution in [2.75, 3.05) is 0 Å². The van der Waals surface area contributed by atoms with E-state index in [-0.39, 0.29) is 5.72 Å². The second-order valence-corrected chi connectivity index (χ2v) is 3.83. The second-order valence-electron chi connectivity index (χ2n) is 3.83. The number of halogens is 3. The highest BCUT2D eigenvalue weighted by Crippen LogP contribution is 2.30. The Morgan fingerprint density at radius 1 is 1.06 bits per heavy atom. The van der Waals surface area contributed by atoms with Crippen molar-refractivity contribution in [2.24, 2.45) is 0 Å². The minimum atomic E-state index is -4.33. The first-order chi connectivity index (χ1) is 8.36. The lowest BCUT2D eigenvalue weighted by Crippen LogP contribution is -2.15. The molecule has 0 fully saturated rings. The lowest BCUT2D eigenvalue weighted by Gasteiger charge is -2.08. The molecule has 0 amide bonds. The molecular weight excluding hydrogens is 240 g/mol. The zero-order chi connectivity index (χ0) is 13.3. The van der Waals surface area contributed by atoms with Crippen molar-refractivity contribution in [1.82, 2.24) is 9.97 Å². The first-order valence-corrected chi connectivity index (χ1v) is 5.15. The molecule has 0 atom stereocenters. The highest BCUT2D eigenvalue weighted by molar-refractivity contribution is 6.29. The average Bonchev–Trinajstić information content (AvgIpc) is 2.27. The van der Waals surface area contributed by atoms with Crippen LogP contribution in [0.3, 0.4) is 0 Å². The van der Waals surface area contributed by atoms with E-state index in [1.165, 1.54) is 12.1 Å². The van der Waals surface area contributed by atoms with Gasteiger partial charge in [-0.3, -0.25) is 4.98 Å². The molecule has 0 saturated heterocycles. The van der Waals surface area contributed by atoms with E-state index in [2.05, 4.69) is 9.97 Å². The molecule has 6 heteroatoms. The Bertz CT molecular complexity index is 544. The third kappa shape index (κ3) is 2.69. The number of aryl methyl sites for hydroxylation is 1. The van der Waals surface area contributed by atoms with Crippen LogP contribution in [0, 0.1) is 6.92 Å². The summed E-state index contributed by atoms with van der Waals surface area (Å²) in [6.07, 6.45) is -4.33. The summed E-state index contributed by atoms with van der Waals surface area (Å²) in [5.41, 5.74) is 1.15. The molecule has 1 aromatic carbocycles. The molecule has 2 nitrogen and oxygen atoms in total. The second kappa shape index (κ2) is 4.44. The predicted molar refractivity (Wildman–Crippen MR) is 62.6 cm³/mol. The molecule has 0 spiro atoms. The van der Waals surface area contributed by atoms with Gasteiger partial charge in [-0.2, -0.15) is 13.2 Å². The van der Waals surface area contributed by atoms with Crippen LogP contribution in [0.1, 0.15) is 11.3 Å². The van der Waals surface area contributed by atoms with Gasteiger partial charge in [-0.05, 0) is 25.1 Å². The molecule has 0 aliphatic heterocycles. The van der Waals surface area contributed by atoms with Crippen molar-refractivity contribution in [1.29, 1.82) is 0 Å². The first kappa shape index (κ1) is 12.6. The molecule has 0 N–H and O–H groups in total. The highest BCUT2D eigenvalue weighted by atomic mass is 19.4. The smallest absolute Gasteiger partial charge is 0.251 e. The largest absolute Gasteiger partial charge is 0.416 e. The van der Waals surface area contributed by atoms with Crippen molar-refractivity contribution in [3.05, 3.63) is 41.6 Å². The predicted octanol–water partition coefficient (Wildman–Crippen LogP) is 2.26. The molecule has 2 radical (unpaired) electrons. The maximum absolute atomic E-state index is 12.4. The van der Waals surface area contributed by atoms with E-state index >= 15 is 0 Å². The molecule has 0 aliphatic rings. The summed E-state index contributed by atoms with van der Waals surface area (Å²) in [5.74, 6) is 0. The Balaban J connectivity index is 2.40. The van der Waals surface area contributed by atoms with Crippen LogP contribution in [0.2, 0.25) is 0 Å². The van der Waals surface area contributed by atoms with Gasteiger partial charge in [0.2, 0.25) is 0 Å². The van der Waals surface area contributed by atoms with Gasteiger partial charge in [-0.15, -0.1) is 0 Å². The minimum Gasteiger partial charge on any atom is -0.251 e. The van der Waals surface area contributed by atoms with Crippen LogP contribution in [0.15, 0.2) is 30.3 Å². The zero-order valence-electron chi connectivity index (χ0n) is 9.49. The third-order valence-electron chi connectivity index (χ3n) is 2.38. The number of hydrogen-bond donors (Lipinski definition) is 0. The molecule has 0 bridgehead atoms. The first-order valence-electron chi connectivity index (χ1n) is 5.15. The summed E-state index contributed by atoms with van der Waals surface area (Å²) in [7, 11) is 5.49. The number of alkyl halides is 3. The van der Waals surface area contributed by atoms with Gasteiger partial charge < -0.3 is 0 Å². The fourth-order valence-electron chi connectivity index (χ4n) is 1.57. The summed E-state index contributed by atoms with van der Waals surface area (Å²) >= 11 is 0. The lowest BCUT2D eigenvalue weighted by molar-refractivity contribution is -0.137. The fraction of sp³-hybridized carbons (Fsp3) is 0.167. The number of nitrogens with zero attached hydrogens (tertiary/aromatic N) is 2. The van der Waals surface area contributed by atoms with Gasteiger partial charge in [0.1, 0.15) is 0 Å². The summed E-state index contributed by atoms with van der Waals surface area (Å²) in [6, 6.07) is 6.43. The monoisotopic (exact) mass is 248 g/mol. The van der Waals surface area contributed by atoms with Crippen LogP contribution in [-0.4, -0.2) is 17.8 Å². The Morgan fingerprint density at radius 3 is 2.17 bits per heavy atom. The van der Waals surface area contributed by atoms with E-state index in [0.29, 0.717) is 17.0 Å². The third-order valence-corrected chi connectivity index (χ3v) is 2.38. The zero-order valence-corrected chi connectivity index (χ0v) is 9.49. The quantitative estimate of drug-likeness (QED) is 0.723. The van der Waals surface area contributed by atoms with Crippen molar-refractivity contribution in [3.8, 4) is 11.3 Å². The molecule has 0 saturated carbocycles. The summed E-state index contributed by atoms with van der Waals surface area (Å²) in [5, 5.41) is 0. The van der Waals surface area contributed by atoms with Crippen molar-refractivity contribution < 1.29 is 13.2 Å². The van der Waals surface area contributed by atoms with Crippen LogP contribution >= 0.6 is 0 Å². The van der Waals surface area contributed by atoms with Crippen LogP contribution < -0.4 is 5.72 Å². The molecule has 2 aromatic rings. The molecule has 2 rings (SSSR count). The Labute approximate surface area is 103 Å². The summed E-state index contributed by atoms with van der Waals surface area (Å²) in [6.45, 7) is 1.74. The maximum atomic E-state index is 12.4. The Kier molecular flexibility index (Phi) is 3.11. The number of hydrogen-bond acceptors (Lipinski definition) is 2. The van der Waals surface area contributed by atoms with Gasteiger partial charge in [0.25, 0.3) is 0 Å². The maximum Gasteiger partial charge on any atom is 0.416 e. The fourth-order valence-corrected chi connectivity index (χ4v) is 1.57. The Hall–Kier alpha value is -1.85. The molecule has 90 valence electrons. The number of benzene rings is 1. The van der Waals surface area contributed by atoms with Crippen LogP contribution in [0.5, 0.6) is 0 Å². The van der Waals surface area contributed by atoms with Crippen LogP contribution in [0.25, 0.3) is 11.3 Å². The van der Waals surface area contributed by atoms with E-state index in [1.54, 1.807) is 13.0 Å². The molecule has 0 unspecified atom stereocenters. The van der Waals surface area contributed by atoms with Gasteiger partial charge >= 0.3 is 6.18 Å². The number of rotatable bonds is 1. The van der Waals surface area contributed by atoms with Crippen molar-refractivity contribution >= 4 is 13.6 Å². The van der Waals surface area contributed by atoms with E-state index in [1.807, 2.05) is 0 Å². The van der Waals surface area contributed by atoms with Crippen LogP contribution in [-0.2, 0) is 6.18 Å². The van der Waals surface area contributed by atoms with Gasteiger partial charge in [0.05, 0.1) is 17.0 Å². The van der Waals surface area contributed by atoms with E-state index < -0.39 is 11.7 Å².